The number of halogens is 5. The first kappa shape index (κ1) is 24.0. The fraction of sp³-hybridized carbons (Fsp3) is 0.364. The van der Waals surface area contributed by atoms with Crippen LogP contribution in [0.2, 0.25) is 10.0 Å². The first-order chi connectivity index (χ1) is 14.6. The molecule has 2 aromatic carbocycles. The molecule has 0 saturated carbocycles. The summed E-state index contributed by atoms with van der Waals surface area (Å²) in [7, 11) is 0. The molecule has 2 aliphatic rings. The Morgan fingerprint density at radius 3 is 2.26 bits per heavy atom. The van der Waals surface area contributed by atoms with E-state index in [1.165, 1.54) is 23.8 Å². The van der Waals surface area contributed by atoms with Gasteiger partial charge in [-0.2, -0.15) is 24.9 Å². The zero-order chi connectivity index (χ0) is 22.8. The molecule has 1 fully saturated rings. The summed E-state index contributed by atoms with van der Waals surface area (Å²) in [4.78, 5) is 12.9. The van der Waals surface area contributed by atoms with Gasteiger partial charge in [-0.1, -0.05) is 35.3 Å². The molecule has 166 valence electrons. The van der Waals surface area contributed by atoms with E-state index in [4.69, 9.17) is 28.0 Å². The van der Waals surface area contributed by atoms with Gasteiger partial charge >= 0.3 is 6.18 Å². The molecule has 9 heteroatoms. The van der Waals surface area contributed by atoms with Gasteiger partial charge in [-0.25, -0.2) is 0 Å². The van der Waals surface area contributed by atoms with Crippen molar-refractivity contribution in [3.8, 4) is 0 Å². The summed E-state index contributed by atoms with van der Waals surface area (Å²) >= 11 is 13.9. The van der Waals surface area contributed by atoms with E-state index in [2.05, 4.69) is 10.7 Å². The zero-order valence-electron chi connectivity index (χ0n) is 16.7. The lowest BCUT2D eigenvalue weighted by molar-refractivity contribution is -0.183. The van der Waals surface area contributed by atoms with Crippen molar-refractivity contribution in [3.05, 3.63) is 68.7 Å². The van der Waals surface area contributed by atoms with Crippen LogP contribution in [0.25, 0.3) is 0 Å². The lowest BCUT2D eigenvalue weighted by atomic mass is 9.76. The Bertz CT molecular complexity index is 988. The van der Waals surface area contributed by atoms with Crippen molar-refractivity contribution in [2.75, 3.05) is 18.1 Å². The maximum Gasteiger partial charge on any atom is 0.400 e. The number of hydrogen-bond donors (Lipinski definition) is 1. The normalized spacial score (nSPS) is 21.0. The number of rotatable bonds is 3. The van der Waals surface area contributed by atoms with Crippen molar-refractivity contribution in [3.63, 3.8) is 0 Å². The molecule has 0 bridgehead atoms. The van der Waals surface area contributed by atoms with Crippen LogP contribution in [0.4, 0.5) is 13.2 Å². The molecule has 1 saturated heterocycles. The van der Waals surface area contributed by atoms with E-state index in [0.717, 1.165) is 22.6 Å². The van der Waals surface area contributed by atoms with Crippen LogP contribution in [0.15, 0.2) is 41.4 Å². The van der Waals surface area contributed by atoms with Gasteiger partial charge in [0.05, 0.1) is 6.54 Å². The Kier molecular flexibility index (Phi) is 7.28. The maximum absolute atomic E-state index is 14.2. The molecule has 4 rings (SSSR count). The Balaban J connectivity index is 0.000000858. The Morgan fingerprint density at radius 1 is 1.16 bits per heavy atom. The van der Waals surface area contributed by atoms with E-state index >= 15 is 0 Å². The van der Waals surface area contributed by atoms with Gasteiger partial charge in [-0.05, 0) is 53.4 Å². The highest BCUT2D eigenvalue weighted by molar-refractivity contribution is 8.00. The summed E-state index contributed by atoms with van der Waals surface area (Å²) in [5.74, 6) is 2.76. The molecular weight excluding hydrogens is 468 g/mol. The third-order valence-corrected chi connectivity index (χ3v) is 7.36. The van der Waals surface area contributed by atoms with Crippen LogP contribution in [0.5, 0.6) is 0 Å². The molecular formula is C22H21Cl2F3N2OS. The molecule has 3 nitrogen and oxygen atoms in total. The number of hydrogen-bond acceptors (Lipinski definition) is 3. The molecule has 1 atom stereocenters. The number of nitrogens with two attached hydrogens (primary N) is 1. The maximum atomic E-state index is 14.2. The molecule has 0 spiro atoms. The predicted octanol–water partition coefficient (Wildman–Crippen LogP) is 5.93. The average Bonchev–Trinajstić information content (AvgIpc) is 3.08. The van der Waals surface area contributed by atoms with Gasteiger partial charge in [-0.3, -0.25) is 9.79 Å². The number of aryl methyl sites for hydroxylation is 1. The van der Waals surface area contributed by atoms with E-state index in [1.807, 2.05) is 36.9 Å². The summed E-state index contributed by atoms with van der Waals surface area (Å²) in [6.07, 6.45) is -4.43. The standard InChI is InChI=1S/C21H18Cl2F3NS.CH3NO/c1-12-4-13(2-3-18(12)14-9-28-10-14)19-8-20(11-27-19,21(24,25)26)15-5-16(22)7-17(23)6-15;2-1-3/h2-7,14H,8-11H2,1H3;1H,(H2,2,3). The van der Waals surface area contributed by atoms with Crippen molar-refractivity contribution >= 4 is 47.1 Å². The van der Waals surface area contributed by atoms with E-state index < -0.39 is 11.6 Å². The van der Waals surface area contributed by atoms with Gasteiger partial charge in [0.25, 0.3) is 0 Å². The number of benzene rings is 2. The van der Waals surface area contributed by atoms with Crippen LogP contribution in [0.1, 0.15) is 34.6 Å². The molecule has 2 aromatic rings. The number of primary amides is 1. The monoisotopic (exact) mass is 488 g/mol. The lowest BCUT2D eigenvalue weighted by Crippen LogP contribution is -2.43. The van der Waals surface area contributed by atoms with Crippen molar-refractivity contribution in [2.45, 2.75) is 30.9 Å². The molecule has 2 N–H and O–H groups in total. The Labute approximate surface area is 193 Å². The van der Waals surface area contributed by atoms with Crippen LogP contribution >= 0.6 is 35.0 Å². The van der Waals surface area contributed by atoms with Crippen LogP contribution in [-0.4, -0.2) is 36.3 Å². The lowest BCUT2D eigenvalue weighted by Gasteiger charge is -2.32. The number of aliphatic imine (C=N–C) groups is 1. The van der Waals surface area contributed by atoms with E-state index in [9.17, 15) is 13.2 Å². The molecule has 0 radical (unpaired) electrons. The summed E-state index contributed by atoms with van der Waals surface area (Å²) in [5.41, 5.74) is 5.76. The summed E-state index contributed by atoms with van der Waals surface area (Å²) in [5, 5.41) is 0.385. The summed E-state index contributed by atoms with van der Waals surface area (Å²) in [6, 6.07) is 10.1. The SMILES string of the molecule is Cc1cc(C2=NCC(c3cc(Cl)cc(Cl)c3)(C(F)(F)F)C2)ccc1C1CSC1.NC=O. The number of alkyl halides is 3. The number of thioether (sulfide) groups is 1. The molecule has 31 heavy (non-hydrogen) atoms. The highest BCUT2D eigenvalue weighted by Gasteiger charge is 2.58. The van der Waals surface area contributed by atoms with Crippen molar-refractivity contribution in [1.29, 1.82) is 0 Å². The molecule has 2 aliphatic heterocycles. The van der Waals surface area contributed by atoms with Crippen molar-refractivity contribution < 1.29 is 18.0 Å². The Morgan fingerprint density at radius 2 is 1.77 bits per heavy atom. The zero-order valence-corrected chi connectivity index (χ0v) is 19.0. The predicted molar refractivity (Wildman–Crippen MR) is 122 cm³/mol. The third-order valence-electron chi connectivity index (χ3n) is 5.65. The first-order valence-corrected chi connectivity index (χ1v) is 11.4. The topological polar surface area (TPSA) is 55.4 Å². The van der Waals surface area contributed by atoms with Gasteiger partial charge in [0, 0.05) is 39.6 Å². The number of nitrogens with zero attached hydrogens (tertiary/aromatic N) is 1. The number of amides is 1. The highest BCUT2D eigenvalue weighted by Crippen LogP contribution is 2.49. The minimum atomic E-state index is -4.47. The summed E-state index contributed by atoms with van der Waals surface area (Å²) < 4.78 is 42.6. The third kappa shape index (κ3) is 4.89. The fourth-order valence-corrected chi connectivity index (χ4v) is 5.28. The van der Waals surface area contributed by atoms with Crippen LogP contribution in [-0.2, 0) is 10.2 Å². The highest BCUT2D eigenvalue weighted by atomic mass is 35.5. The molecule has 1 unspecified atom stereocenters. The molecule has 0 aromatic heterocycles. The molecule has 0 aliphatic carbocycles. The van der Waals surface area contributed by atoms with Gasteiger partial charge in [0.15, 0.2) is 0 Å². The fourth-order valence-electron chi connectivity index (χ4n) is 3.93. The van der Waals surface area contributed by atoms with E-state index in [-0.39, 0.29) is 35.0 Å². The molecule has 1 amide bonds. The van der Waals surface area contributed by atoms with E-state index in [1.54, 1.807) is 0 Å². The van der Waals surface area contributed by atoms with Crippen LogP contribution < -0.4 is 5.73 Å². The van der Waals surface area contributed by atoms with Crippen molar-refractivity contribution in [2.24, 2.45) is 10.7 Å². The van der Waals surface area contributed by atoms with Gasteiger partial charge in [0.2, 0.25) is 6.41 Å². The second-order valence-electron chi connectivity index (χ2n) is 7.62. The second kappa shape index (κ2) is 9.43. The van der Waals surface area contributed by atoms with Gasteiger partial charge in [0.1, 0.15) is 5.41 Å². The number of carbonyl (C=O) groups excluding carboxylic acids is 1. The van der Waals surface area contributed by atoms with Crippen molar-refractivity contribution in [1.82, 2.24) is 0 Å². The summed E-state index contributed by atoms with van der Waals surface area (Å²) in [6.45, 7) is 1.66. The van der Waals surface area contributed by atoms with Crippen LogP contribution in [0.3, 0.4) is 0 Å². The second-order valence-corrected chi connectivity index (χ2v) is 9.57. The van der Waals surface area contributed by atoms with Gasteiger partial charge < -0.3 is 5.73 Å². The molecule has 2 heterocycles. The largest absolute Gasteiger partial charge is 0.400 e. The Hall–Kier alpha value is -1.70. The van der Waals surface area contributed by atoms with Crippen LogP contribution in [0, 0.1) is 6.92 Å². The number of carbonyl (C=O) groups is 1. The average molecular weight is 489 g/mol. The van der Waals surface area contributed by atoms with Gasteiger partial charge in [-0.15, -0.1) is 0 Å². The minimum absolute atomic E-state index is 0.0658. The van der Waals surface area contributed by atoms with E-state index in [0.29, 0.717) is 11.6 Å². The quantitative estimate of drug-likeness (QED) is 0.544. The smallest absolute Gasteiger partial charge is 0.372 e. The first-order valence-electron chi connectivity index (χ1n) is 9.52. The minimum Gasteiger partial charge on any atom is -0.372 e.